The Morgan fingerprint density at radius 2 is 1.83 bits per heavy atom. The SMILES string of the molecule is COc1cc2c(cc1OC)CN(C(=O)NCc1sc(-c3ccccc3)nc1C)CC2. The number of amides is 2. The van der Waals surface area contributed by atoms with Crippen LogP contribution in [0, 0.1) is 6.92 Å². The molecule has 7 heteroatoms. The lowest BCUT2D eigenvalue weighted by atomic mass is 9.99. The molecule has 2 aromatic carbocycles. The first-order valence-corrected chi connectivity index (χ1v) is 10.7. The number of benzene rings is 2. The first-order chi connectivity index (χ1) is 14.6. The van der Waals surface area contributed by atoms with Gasteiger partial charge in [-0.15, -0.1) is 11.3 Å². The summed E-state index contributed by atoms with van der Waals surface area (Å²) >= 11 is 1.62. The number of hydrogen-bond donors (Lipinski definition) is 1. The van der Waals surface area contributed by atoms with E-state index in [4.69, 9.17) is 9.47 Å². The van der Waals surface area contributed by atoms with Crippen LogP contribution < -0.4 is 14.8 Å². The Bertz CT molecular complexity index is 1050. The van der Waals surface area contributed by atoms with Gasteiger partial charge in [-0.1, -0.05) is 30.3 Å². The third kappa shape index (κ3) is 4.11. The second-order valence-electron chi connectivity index (χ2n) is 7.20. The highest BCUT2D eigenvalue weighted by Gasteiger charge is 2.23. The van der Waals surface area contributed by atoms with Gasteiger partial charge in [0, 0.05) is 23.5 Å². The van der Waals surface area contributed by atoms with Crippen LogP contribution >= 0.6 is 11.3 Å². The first-order valence-electron chi connectivity index (χ1n) is 9.87. The maximum atomic E-state index is 12.8. The van der Waals surface area contributed by atoms with Crippen molar-refractivity contribution in [2.45, 2.75) is 26.4 Å². The average Bonchev–Trinajstić information content (AvgIpc) is 3.17. The molecule has 0 saturated heterocycles. The van der Waals surface area contributed by atoms with Crippen LogP contribution in [0.3, 0.4) is 0 Å². The molecule has 0 spiro atoms. The molecule has 0 fully saturated rings. The number of hydrogen-bond acceptors (Lipinski definition) is 5. The lowest BCUT2D eigenvalue weighted by Crippen LogP contribution is -2.42. The van der Waals surface area contributed by atoms with Gasteiger partial charge in [0.05, 0.1) is 26.5 Å². The Morgan fingerprint density at radius 3 is 2.53 bits per heavy atom. The van der Waals surface area contributed by atoms with Crippen molar-refractivity contribution in [1.82, 2.24) is 15.2 Å². The molecule has 0 radical (unpaired) electrons. The minimum Gasteiger partial charge on any atom is -0.493 e. The van der Waals surface area contributed by atoms with Crippen LogP contribution in [0.4, 0.5) is 4.79 Å². The minimum absolute atomic E-state index is 0.0653. The molecule has 0 aliphatic carbocycles. The summed E-state index contributed by atoms with van der Waals surface area (Å²) in [6.45, 7) is 3.69. The molecule has 6 nitrogen and oxygen atoms in total. The lowest BCUT2D eigenvalue weighted by Gasteiger charge is -2.29. The summed E-state index contributed by atoms with van der Waals surface area (Å²) in [6.07, 6.45) is 0.793. The summed E-state index contributed by atoms with van der Waals surface area (Å²) < 4.78 is 10.8. The highest BCUT2D eigenvalue weighted by atomic mass is 32.1. The van der Waals surface area contributed by atoms with E-state index in [2.05, 4.69) is 22.4 Å². The molecule has 0 atom stereocenters. The molecular formula is C23H25N3O3S. The Labute approximate surface area is 180 Å². The normalized spacial score (nSPS) is 13.0. The van der Waals surface area contributed by atoms with Gasteiger partial charge in [-0.3, -0.25) is 0 Å². The summed E-state index contributed by atoms with van der Waals surface area (Å²) in [6, 6.07) is 14.0. The monoisotopic (exact) mass is 423 g/mol. The molecule has 1 N–H and O–H groups in total. The molecule has 1 aromatic heterocycles. The quantitative estimate of drug-likeness (QED) is 0.661. The van der Waals surface area contributed by atoms with Crippen molar-refractivity contribution in [3.05, 3.63) is 64.2 Å². The fraction of sp³-hybridized carbons (Fsp3) is 0.304. The largest absolute Gasteiger partial charge is 0.493 e. The van der Waals surface area contributed by atoms with Gasteiger partial charge in [-0.05, 0) is 36.6 Å². The van der Waals surface area contributed by atoms with Crippen LogP contribution in [-0.2, 0) is 19.5 Å². The third-order valence-electron chi connectivity index (χ3n) is 5.32. The van der Waals surface area contributed by atoms with E-state index in [1.54, 1.807) is 25.6 Å². The van der Waals surface area contributed by atoms with Gasteiger partial charge in [0.15, 0.2) is 11.5 Å². The van der Waals surface area contributed by atoms with Crippen LogP contribution in [-0.4, -0.2) is 36.7 Å². The summed E-state index contributed by atoms with van der Waals surface area (Å²) in [5.74, 6) is 1.41. The van der Waals surface area contributed by atoms with E-state index >= 15 is 0 Å². The molecule has 2 amide bonds. The number of ether oxygens (including phenoxy) is 2. The standard InChI is InChI=1S/C23H25N3O3S/c1-15-21(30-22(25-15)16-7-5-4-6-8-16)13-24-23(27)26-10-9-17-11-19(28-2)20(29-3)12-18(17)14-26/h4-8,11-12H,9-10,13-14H2,1-3H3,(H,24,27). The minimum atomic E-state index is -0.0653. The van der Waals surface area contributed by atoms with E-state index in [0.29, 0.717) is 25.4 Å². The molecule has 0 saturated carbocycles. The number of methoxy groups -OCH3 is 2. The highest BCUT2D eigenvalue weighted by Crippen LogP contribution is 2.33. The fourth-order valence-electron chi connectivity index (χ4n) is 3.62. The molecular weight excluding hydrogens is 398 g/mol. The summed E-state index contributed by atoms with van der Waals surface area (Å²) in [5, 5.41) is 4.03. The van der Waals surface area contributed by atoms with Crippen molar-refractivity contribution < 1.29 is 14.3 Å². The fourth-order valence-corrected chi connectivity index (χ4v) is 4.63. The van der Waals surface area contributed by atoms with Crippen LogP contribution in [0.1, 0.15) is 21.7 Å². The third-order valence-corrected chi connectivity index (χ3v) is 6.53. The van der Waals surface area contributed by atoms with Gasteiger partial charge >= 0.3 is 6.03 Å². The second kappa shape index (κ2) is 8.75. The van der Waals surface area contributed by atoms with Crippen LogP contribution in [0.2, 0.25) is 0 Å². The molecule has 30 heavy (non-hydrogen) atoms. The maximum absolute atomic E-state index is 12.8. The van der Waals surface area contributed by atoms with Crippen molar-refractivity contribution in [2.75, 3.05) is 20.8 Å². The number of thiazole rings is 1. The van der Waals surface area contributed by atoms with Gasteiger partial charge < -0.3 is 19.7 Å². The Morgan fingerprint density at radius 1 is 1.13 bits per heavy atom. The topological polar surface area (TPSA) is 63.7 Å². The van der Waals surface area contributed by atoms with E-state index < -0.39 is 0 Å². The molecule has 3 aromatic rings. The maximum Gasteiger partial charge on any atom is 0.318 e. The van der Waals surface area contributed by atoms with Gasteiger partial charge in [-0.2, -0.15) is 0 Å². The number of aromatic nitrogens is 1. The predicted molar refractivity (Wildman–Crippen MR) is 118 cm³/mol. The number of fused-ring (bicyclic) bond motifs is 1. The zero-order valence-corrected chi connectivity index (χ0v) is 18.2. The van der Waals surface area contributed by atoms with E-state index in [-0.39, 0.29) is 6.03 Å². The average molecular weight is 424 g/mol. The van der Waals surface area contributed by atoms with Crippen molar-refractivity contribution in [3.63, 3.8) is 0 Å². The smallest absolute Gasteiger partial charge is 0.318 e. The predicted octanol–water partition coefficient (Wildman–Crippen LogP) is 4.40. The highest BCUT2D eigenvalue weighted by molar-refractivity contribution is 7.15. The van der Waals surface area contributed by atoms with Gasteiger partial charge in [0.2, 0.25) is 0 Å². The second-order valence-corrected chi connectivity index (χ2v) is 8.28. The summed E-state index contributed by atoms with van der Waals surface area (Å²) in [5.41, 5.74) is 4.34. The van der Waals surface area contributed by atoms with E-state index in [9.17, 15) is 4.79 Å². The molecule has 156 valence electrons. The van der Waals surface area contributed by atoms with Crippen LogP contribution in [0.25, 0.3) is 10.6 Å². The van der Waals surface area contributed by atoms with E-state index in [1.807, 2.05) is 42.2 Å². The van der Waals surface area contributed by atoms with Gasteiger partial charge in [0.25, 0.3) is 0 Å². The number of carbonyl (C=O) groups excluding carboxylic acids is 1. The van der Waals surface area contributed by atoms with Gasteiger partial charge in [-0.25, -0.2) is 9.78 Å². The van der Waals surface area contributed by atoms with Crippen molar-refractivity contribution in [2.24, 2.45) is 0 Å². The molecule has 1 aliphatic heterocycles. The zero-order chi connectivity index (χ0) is 21.1. The number of urea groups is 1. The zero-order valence-electron chi connectivity index (χ0n) is 17.4. The first kappa shape index (κ1) is 20.2. The Hall–Kier alpha value is -3.06. The molecule has 2 heterocycles. The molecule has 0 bridgehead atoms. The van der Waals surface area contributed by atoms with Crippen molar-refractivity contribution in [1.29, 1.82) is 0 Å². The lowest BCUT2D eigenvalue weighted by molar-refractivity contribution is 0.192. The van der Waals surface area contributed by atoms with Gasteiger partial charge in [0.1, 0.15) is 5.01 Å². The molecule has 1 aliphatic rings. The van der Waals surface area contributed by atoms with Crippen LogP contribution in [0.5, 0.6) is 11.5 Å². The Balaban J connectivity index is 1.41. The van der Waals surface area contributed by atoms with Crippen molar-refractivity contribution in [3.8, 4) is 22.1 Å². The number of nitrogens with one attached hydrogen (secondary N) is 1. The van der Waals surface area contributed by atoms with E-state index in [1.165, 1.54) is 5.56 Å². The van der Waals surface area contributed by atoms with Crippen molar-refractivity contribution >= 4 is 17.4 Å². The molecule has 4 rings (SSSR count). The summed E-state index contributed by atoms with van der Waals surface area (Å²) in [7, 11) is 3.26. The number of carbonyl (C=O) groups is 1. The summed E-state index contributed by atoms with van der Waals surface area (Å²) in [4.78, 5) is 20.4. The molecule has 0 unspecified atom stereocenters. The number of aryl methyl sites for hydroxylation is 1. The number of nitrogens with zero attached hydrogens (tertiary/aromatic N) is 2. The van der Waals surface area contributed by atoms with E-state index in [0.717, 1.165) is 38.9 Å². The number of rotatable bonds is 5. The van der Waals surface area contributed by atoms with Crippen LogP contribution in [0.15, 0.2) is 42.5 Å². The Kier molecular flexibility index (Phi) is 5.90.